The van der Waals surface area contributed by atoms with E-state index in [0.29, 0.717) is 17.2 Å². The highest BCUT2D eigenvalue weighted by molar-refractivity contribution is 9.10. The van der Waals surface area contributed by atoms with Crippen molar-refractivity contribution < 1.29 is 4.79 Å². The van der Waals surface area contributed by atoms with Crippen LogP contribution in [-0.2, 0) is 4.79 Å². The van der Waals surface area contributed by atoms with Crippen molar-refractivity contribution in [2.75, 3.05) is 26.2 Å². The molecule has 8 heteroatoms. The first kappa shape index (κ1) is 16.3. The Labute approximate surface area is 153 Å². The van der Waals surface area contributed by atoms with E-state index in [4.69, 9.17) is 11.6 Å². The van der Waals surface area contributed by atoms with Crippen LogP contribution in [0.2, 0.25) is 5.15 Å². The van der Waals surface area contributed by atoms with Crippen molar-refractivity contribution in [2.24, 2.45) is 0 Å². The standard InChI is InChI=1S/C16H19BrClN5O/c1-10(24)21-2-4-22(5-3-21)11-6-12(7-11)23-8-13(17)14-15(18)19-9-20-16(14)23/h8-9,11-12H,2-7H2,1H3/t11-,12+. The van der Waals surface area contributed by atoms with E-state index in [9.17, 15) is 4.79 Å². The summed E-state index contributed by atoms with van der Waals surface area (Å²) in [6, 6.07) is 1.04. The van der Waals surface area contributed by atoms with Gasteiger partial charge in [-0.15, -0.1) is 0 Å². The van der Waals surface area contributed by atoms with Gasteiger partial charge in [-0.1, -0.05) is 11.6 Å². The van der Waals surface area contributed by atoms with Gasteiger partial charge in [-0.05, 0) is 28.8 Å². The number of nitrogens with zero attached hydrogens (tertiary/aromatic N) is 5. The average molecular weight is 413 g/mol. The van der Waals surface area contributed by atoms with Crippen LogP contribution in [0.15, 0.2) is 17.0 Å². The number of hydrogen-bond acceptors (Lipinski definition) is 4. The summed E-state index contributed by atoms with van der Waals surface area (Å²) < 4.78 is 3.16. The predicted octanol–water partition coefficient (Wildman–Crippen LogP) is 2.71. The molecule has 1 aliphatic heterocycles. The van der Waals surface area contributed by atoms with Gasteiger partial charge in [-0.3, -0.25) is 9.69 Å². The van der Waals surface area contributed by atoms with Crippen LogP contribution < -0.4 is 0 Å². The lowest BCUT2D eigenvalue weighted by Crippen LogP contribution is -2.54. The summed E-state index contributed by atoms with van der Waals surface area (Å²) in [6.07, 6.45) is 5.81. The van der Waals surface area contributed by atoms with Gasteiger partial charge in [0.25, 0.3) is 0 Å². The molecule has 0 N–H and O–H groups in total. The molecule has 2 aliphatic rings. The van der Waals surface area contributed by atoms with Gasteiger partial charge >= 0.3 is 0 Å². The Morgan fingerprint density at radius 2 is 1.92 bits per heavy atom. The molecular weight excluding hydrogens is 394 g/mol. The minimum Gasteiger partial charge on any atom is -0.340 e. The van der Waals surface area contributed by atoms with Crippen molar-refractivity contribution in [3.63, 3.8) is 0 Å². The molecule has 1 saturated heterocycles. The normalized spacial score (nSPS) is 25.0. The minimum absolute atomic E-state index is 0.182. The van der Waals surface area contributed by atoms with Gasteiger partial charge in [-0.25, -0.2) is 9.97 Å². The summed E-state index contributed by atoms with van der Waals surface area (Å²) in [5.74, 6) is 0.182. The highest BCUT2D eigenvalue weighted by Gasteiger charge is 2.37. The number of amides is 1. The fraction of sp³-hybridized carbons (Fsp3) is 0.562. The van der Waals surface area contributed by atoms with Gasteiger partial charge in [-0.2, -0.15) is 0 Å². The topological polar surface area (TPSA) is 54.3 Å². The molecule has 2 fully saturated rings. The number of hydrogen-bond donors (Lipinski definition) is 0. The molecule has 1 amide bonds. The maximum atomic E-state index is 11.4. The van der Waals surface area contributed by atoms with Crippen LogP contribution in [-0.4, -0.2) is 62.5 Å². The first-order valence-corrected chi connectivity index (χ1v) is 9.38. The van der Waals surface area contributed by atoms with Crippen LogP contribution in [0.4, 0.5) is 0 Å². The Hall–Kier alpha value is -1.18. The van der Waals surface area contributed by atoms with Crippen molar-refractivity contribution in [1.29, 1.82) is 0 Å². The Bertz CT molecular complexity index is 780. The number of carbonyl (C=O) groups is 1. The molecule has 0 aromatic carbocycles. The van der Waals surface area contributed by atoms with Gasteiger partial charge in [0.15, 0.2) is 0 Å². The van der Waals surface area contributed by atoms with Gasteiger partial charge in [0, 0.05) is 55.9 Å². The van der Waals surface area contributed by atoms with E-state index in [-0.39, 0.29) is 5.91 Å². The van der Waals surface area contributed by atoms with E-state index in [2.05, 4.69) is 41.6 Å². The molecule has 6 nitrogen and oxygen atoms in total. The molecule has 0 atom stereocenters. The maximum Gasteiger partial charge on any atom is 0.219 e. The van der Waals surface area contributed by atoms with Gasteiger partial charge in [0.1, 0.15) is 17.1 Å². The summed E-state index contributed by atoms with van der Waals surface area (Å²) in [6.45, 7) is 5.29. The van der Waals surface area contributed by atoms with Crippen LogP contribution in [0, 0.1) is 0 Å². The number of rotatable bonds is 2. The van der Waals surface area contributed by atoms with E-state index < -0.39 is 0 Å². The third kappa shape index (κ3) is 2.72. The van der Waals surface area contributed by atoms with Gasteiger partial charge < -0.3 is 9.47 Å². The van der Waals surface area contributed by atoms with Crippen LogP contribution in [0.25, 0.3) is 11.0 Å². The number of carbonyl (C=O) groups excluding carboxylic acids is 1. The lowest BCUT2D eigenvalue weighted by atomic mass is 9.85. The zero-order valence-electron chi connectivity index (χ0n) is 13.5. The second-order valence-corrected chi connectivity index (χ2v) is 7.78. The molecule has 0 spiro atoms. The maximum absolute atomic E-state index is 11.4. The van der Waals surface area contributed by atoms with Gasteiger partial charge in [0.05, 0.1) is 5.39 Å². The molecule has 1 aliphatic carbocycles. The molecule has 2 aromatic rings. The highest BCUT2D eigenvalue weighted by Crippen LogP contribution is 2.40. The van der Waals surface area contributed by atoms with E-state index in [1.807, 2.05) is 4.90 Å². The first-order chi connectivity index (χ1) is 11.5. The fourth-order valence-corrected chi connectivity index (χ4v) is 4.70. The van der Waals surface area contributed by atoms with E-state index >= 15 is 0 Å². The molecule has 128 valence electrons. The Kier molecular flexibility index (Phi) is 4.26. The van der Waals surface area contributed by atoms with Crippen molar-refractivity contribution in [3.05, 3.63) is 22.1 Å². The molecule has 1 saturated carbocycles. The monoisotopic (exact) mass is 411 g/mol. The van der Waals surface area contributed by atoms with Crippen LogP contribution in [0.3, 0.4) is 0 Å². The van der Waals surface area contributed by atoms with Crippen molar-refractivity contribution in [1.82, 2.24) is 24.3 Å². The average Bonchev–Trinajstić information content (AvgIpc) is 2.85. The second kappa shape index (κ2) is 6.28. The number of halogens is 2. The lowest BCUT2D eigenvalue weighted by Gasteiger charge is -2.46. The summed E-state index contributed by atoms with van der Waals surface area (Å²) in [7, 11) is 0. The third-order valence-corrected chi connectivity index (χ3v) is 6.16. The summed E-state index contributed by atoms with van der Waals surface area (Å²) in [4.78, 5) is 24.3. The van der Waals surface area contributed by atoms with Crippen molar-refractivity contribution >= 4 is 44.5 Å². The smallest absolute Gasteiger partial charge is 0.219 e. The van der Waals surface area contributed by atoms with E-state index in [0.717, 1.165) is 54.5 Å². The van der Waals surface area contributed by atoms with Crippen molar-refractivity contribution in [3.8, 4) is 0 Å². The highest BCUT2D eigenvalue weighted by atomic mass is 79.9. The number of fused-ring (bicyclic) bond motifs is 1. The minimum atomic E-state index is 0.182. The van der Waals surface area contributed by atoms with E-state index in [1.54, 1.807) is 6.92 Å². The summed E-state index contributed by atoms with van der Waals surface area (Å²) in [5.41, 5.74) is 0.895. The van der Waals surface area contributed by atoms with Crippen molar-refractivity contribution in [2.45, 2.75) is 31.8 Å². The number of aromatic nitrogens is 3. The first-order valence-electron chi connectivity index (χ1n) is 8.20. The second-order valence-electron chi connectivity index (χ2n) is 6.57. The number of piperazine rings is 1. The Morgan fingerprint density at radius 3 is 2.58 bits per heavy atom. The van der Waals surface area contributed by atoms with Gasteiger partial charge in [0.2, 0.25) is 5.91 Å². The molecule has 24 heavy (non-hydrogen) atoms. The summed E-state index contributed by atoms with van der Waals surface area (Å²) >= 11 is 9.77. The quantitative estimate of drug-likeness (QED) is 0.712. The fourth-order valence-electron chi connectivity index (χ4n) is 3.77. The zero-order valence-corrected chi connectivity index (χ0v) is 15.8. The SMILES string of the molecule is CC(=O)N1CCN([C@H]2C[C@@H](n3cc(Br)c4c(Cl)ncnc43)C2)CC1. The largest absolute Gasteiger partial charge is 0.340 e. The van der Waals surface area contributed by atoms with Crippen LogP contribution >= 0.6 is 27.5 Å². The summed E-state index contributed by atoms with van der Waals surface area (Å²) in [5, 5.41) is 1.37. The van der Waals surface area contributed by atoms with Crippen LogP contribution in [0.1, 0.15) is 25.8 Å². The molecule has 0 radical (unpaired) electrons. The molecule has 0 bridgehead atoms. The zero-order chi connectivity index (χ0) is 16.8. The third-order valence-electron chi connectivity index (χ3n) is 5.27. The molecule has 0 unspecified atom stereocenters. The van der Waals surface area contributed by atoms with Crippen LogP contribution in [0.5, 0.6) is 0 Å². The molecule has 2 aromatic heterocycles. The Balaban J connectivity index is 1.43. The molecule has 3 heterocycles. The molecule has 4 rings (SSSR count). The lowest BCUT2D eigenvalue weighted by molar-refractivity contribution is -0.131. The Morgan fingerprint density at radius 1 is 1.21 bits per heavy atom. The predicted molar refractivity (Wildman–Crippen MR) is 96.1 cm³/mol. The molecular formula is C16H19BrClN5O. The van der Waals surface area contributed by atoms with E-state index in [1.165, 1.54) is 6.33 Å².